The van der Waals surface area contributed by atoms with E-state index in [1.165, 1.54) is 0 Å². The van der Waals surface area contributed by atoms with Gasteiger partial charge in [-0.3, -0.25) is 4.79 Å². The molecule has 1 aliphatic heterocycles. The van der Waals surface area contributed by atoms with E-state index in [1.54, 1.807) is 13.8 Å². The van der Waals surface area contributed by atoms with Crippen LogP contribution in [0.3, 0.4) is 0 Å². The molecule has 136 valence electrons. The second kappa shape index (κ2) is 6.55. The number of oxime groups is 1. The molecule has 0 amide bonds. The van der Waals surface area contributed by atoms with Crippen LogP contribution >= 0.6 is 0 Å². The van der Waals surface area contributed by atoms with Crippen LogP contribution in [0, 0.1) is 11.6 Å². The average Bonchev–Trinajstić information content (AvgIpc) is 2.82. The molecule has 9 heteroatoms. The highest BCUT2D eigenvalue weighted by atomic mass is 32.2. The smallest absolute Gasteiger partial charge is 0.307 e. The molecule has 0 saturated carbocycles. The third-order valence-electron chi connectivity index (χ3n) is 3.36. The van der Waals surface area contributed by atoms with Gasteiger partial charge in [0.25, 0.3) is 0 Å². The fraction of sp³-hybridized carbons (Fsp3) is 0.375. The summed E-state index contributed by atoms with van der Waals surface area (Å²) in [5.41, 5.74) is -1.69. The van der Waals surface area contributed by atoms with Gasteiger partial charge in [0, 0.05) is 13.3 Å². The van der Waals surface area contributed by atoms with Crippen LogP contribution in [-0.2, 0) is 24.2 Å². The van der Waals surface area contributed by atoms with Crippen molar-refractivity contribution in [2.45, 2.75) is 39.7 Å². The highest BCUT2D eigenvalue weighted by Gasteiger charge is 2.41. The van der Waals surface area contributed by atoms with Crippen molar-refractivity contribution in [3.8, 4) is 0 Å². The number of rotatable bonds is 3. The lowest BCUT2D eigenvalue weighted by Gasteiger charge is -2.15. The molecule has 1 aromatic rings. The molecular weight excluding hydrogens is 356 g/mol. The van der Waals surface area contributed by atoms with Crippen molar-refractivity contribution in [2.75, 3.05) is 0 Å². The van der Waals surface area contributed by atoms with Crippen LogP contribution in [0.5, 0.6) is 0 Å². The van der Waals surface area contributed by atoms with Crippen LogP contribution in [-0.4, -0.2) is 25.0 Å². The van der Waals surface area contributed by atoms with Crippen molar-refractivity contribution in [1.82, 2.24) is 0 Å². The number of esters is 1. The van der Waals surface area contributed by atoms with Crippen molar-refractivity contribution in [3.63, 3.8) is 0 Å². The quantitative estimate of drug-likeness (QED) is 0.600. The van der Waals surface area contributed by atoms with E-state index in [9.17, 15) is 22.0 Å². The van der Waals surface area contributed by atoms with E-state index < -0.39 is 54.3 Å². The minimum atomic E-state index is -4.47. The van der Waals surface area contributed by atoms with E-state index in [0.29, 0.717) is 0 Å². The maximum atomic E-state index is 14.2. The van der Waals surface area contributed by atoms with Crippen LogP contribution < -0.4 is 0 Å². The molecule has 0 unspecified atom stereocenters. The number of sulfone groups is 1. The van der Waals surface area contributed by atoms with Gasteiger partial charge in [0.2, 0.25) is 9.84 Å². The van der Waals surface area contributed by atoms with Crippen LogP contribution in [0.15, 0.2) is 29.1 Å². The Morgan fingerprint density at radius 1 is 1.24 bits per heavy atom. The van der Waals surface area contributed by atoms with E-state index >= 15 is 0 Å². The van der Waals surface area contributed by atoms with E-state index in [2.05, 4.69) is 5.16 Å². The molecule has 0 radical (unpaired) electrons. The number of carbonyl (C=O) groups excluding carboxylic acids is 1. The zero-order chi connectivity index (χ0) is 19.0. The van der Waals surface area contributed by atoms with Gasteiger partial charge in [-0.2, -0.15) is 0 Å². The summed E-state index contributed by atoms with van der Waals surface area (Å²) >= 11 is 0. The molecule has 0 bridgehead atoms. The fourth-order valence-electron chi connectivity index (χ4n) is 2.34. The van der Waals surface area contributed by atoms with Crippen LogP contribution in [0.1, 0.15) is 39.7 Å². The summed E-state index contributed by atoms with van der Waals surface area (Å²) in [7, 11) is -4.47. The van der Waals surface area contributed by atoms with Gasteiger partial charge in [0.05, 0.1) is 5.56 Å². The molecule has 25 heavy (non-hydrogen) atoms. The Morgan fingerprint density at radius 2 is 1.80 bits per heavy atom. The van der Waals surface area contributed by atoms with Crippen molar-refractivity contribution < 1.29 is 31.6 Å². The Balaban J connectivity index is 2.72. The molecule has 0 aromatic heterocycles. The van der Waals surface area contributed by atoms with Crippen molar-refractivity contribution in [1.29, 1.82) is 0 Å². The third-order valence-corrected chi connectivity index (χ3v) is 5.23. The summed E-state index contributed by atoms with van der Waals surface area (Å²) in [6.07, 6.45) is -0.0950. The first kappa shape index (κ1) is 19.0. The Labute approximate surface area is 144 Å². The Hall–Kier alpha value is -2.29. The van der Waals surface area contributed by atoms with Crippen LogP contribution in [0.2, 0.25) is 0 Å². The number of carbonyl (C=O) groups is 1. The molecule has 0 fully saturated rings. The Kier molecular flexibility index (Phi) is 4.99. The minimum Gasteiger partial charge on any atom is -0.430 e. The number of benzene rings is 1. The number of halogens is 2. The molecule has 2 rings (SSSR count). The molecule has 6 nitrogen and oxygen atoms in total. The van der Waals surface area contributed by atoms with E-state index in [1.807, 2.05) is 0 Å². The molecule has 0 spiro atoms. The molecule has 0 N–H and O–H groups in total. The van der Waals surface area contributed by atoms with Crippen LogP contribution in [0.25, 0.3) is 4.91 Å². The summed E-state index contributed by atoms with van der Waals surface area (Å²) < 4.78 is 59.2. The second-order valence-corrected chi connectivity index (χ2v) is 7.98. The second-order valence-electron chi connectivity index (χ2n) is 6.09. The number of hydrogen-bond acceptors (Lipinski definition) is 6. The summed E-state index contributed by atoms with van der Waals surface area (Å²) in [5.74, 6) is -3.50. The lowest BCUT2D eigenvalue weighted by Crippen LogP contribution is -2.24. The third kappa shape index (κ3) is 3.87. The SMILES string of the molecule is CC(=O)OC(C)=C(c1c(F)cccc1F)S(=O)(=O)C1=NOC(C)(C)C1. The highest BCUT2D eigenvalue weighted by Crippen LogP contribution is 2.35. The number of hydrogen-bond donors (Lipinski definition) is 0. The highest BCUT2D eigenvalue weighted by molar-refractivity contribution is 8.14. The fourth-order valence-corrected chi connectivity index (χ4v) is 4.13. The van der Waals surface area contributed by atoms with E-state index in [0.717, 1.165) is 32.0 Å². The average molecular weight is 373 g/mol. The van der Waals surface area contributed by atoms with Crippen molar-refractivity contribution in [2.24, 2.45) is 5.16 Å². The predicted molar refractivity (Wildman–Crippen MR) is 86.9 cm³/mol. The minimum absolute atomic E-state index is 0.0950. The first-order valence-corrected chi connectivity index (χ1v) is 8.78. The van der Waals surface area contributed by atoms with Gasteiger partial charge in [0.15, 0.2) is 5.04 Å². The van der Waals surface area contributed by atoms with Gasteiger partial charge in [-0.05, 0) is 32.9 Å². The van der Waals surface area contributed by atoms with Crippen molar-refractivity contribution >= 4 is 25.8 Å². The van der Waals surface area contributed by atoms with Gasteiger partial charge in [-0.1, -0.05) is 11.2 Å². The normalized spacial score (nSPS) is 17.4. The molecule has 1 aromatic carbocycles. The van der Waals surface area contributed by atoms with Gasteiger partial charge in [-0.15, -0.1) is 0 Å². The monoisotopic (exact) mass is 373 g/mol. The Morgan fingerprint density at radius 3 is 2.24 bits per heavy atom. The maximum Gasteiger partial charge on any atom is 0.307 e. The molecule has 1 heterocycles. The summed E-state index contributed by atoms with van der Waals surface area (Å²) in [6.45, 7) is 5.42. The number of allylic oxidation sites excluding steroid dienone is 1. The molecular formula is C16H17F2NO5S. The van der Waals surface area contributed by atoms with Gasteiger partial charge in [0.1, 0.15) is 27.9 Å². The van der Waals surface area contributed by atoms with E-state index in [-0.39, 0.29) is 6.42 Å². The topological polar surface area (TPSA) is 82.0 Å². The molecule has 1 aliphatic rings. The largest absolute Gasteiger partial charge is 0.430 e. The molecule has 0 saturated heterocycles. The zero-order valence-electron chi connectivity index (χ0n) is 14.1. The van der Waals surface area contributed by atoms with Gasteiger partial charge >= 0.3 is 5.97 Å². The molecule has 0 aliphatic carbocycles. The Bertz CT molecular complexity index is 868. The zero-order valence-corrected chi connectivity index (χ0v) is 14.9. The van der Waals surface area contributed by atoms with Crippen LogP contribution in [0.4, 0.5) is 8.78 Å². The summed E-state index contributed by atoms with van der Waals surface area (Å²) in [6, 6.07) is 2.91. The number of ether oxygens (including phenoxy) is 1. The first-order valence-electron chi connectivity index (χ1n) is 7.29. The van der Waals surface area contributed by atoms with E-state index in [4.69, 9.17) is 9.57 Å². The standard InChI is InChI=1S/C16H17F2NO5S/c1-9(23-10(2)20)15(14-11(17)6-5-7-12(14)18)25(21,22)13-8-16(3,4)24-19-13/h5-7H,8H2,1-4H3. The first-order chi connectivity index (χ1) is 11.5. The predicted octanol–water partition coefficient (Wildman–Crippen LogP) is 3.14. The van der Waals surface area contributed by atoms with Gasteiger partial charge in [-0.25, -0.2) is 17.2 Å². The van der Waals surface area contributed by atoms with Crippen molar-refractivity contribution in [3.05, 3.63) is 41.2 Å². The molecule has 0 atom stereocenters. The lowest BCUT2D eigenvalue weighted by molar-refractivity contribution is -0.136. The summed E-state index contributed by atoms with van der Waals surface area (Å²) in [5, 5.41) is 3.14. The summed E-state index contributed by atoms with van der Waals surface area (Å²) in [4.78, 5) is 15.5. The van der Waals surface area contributed by atoms with Gasteiger partial charge < -0.3 is 9.57 Å². The number of nitrogens with zero attached hydrogens (tertiary/aromatic N) is 1. The maximum absolute atomic E-state index is 14.2. The lowest BCUT2D eigenvalue weighted by atomic mass is 10.1.